The normalized spacial score (nSPS) is 13.1. The van der Waals surface area contributed by atoms with Crippen LogP contribution < -0.4 is 5.32 Å². The van der Waals surface area contributed by atoms with Crippen LogP contribution in [-0.4, -0.2) is 24.4 Å². The van der Waals surface area contributed by atoms with Crippen LogP contribution in [0.4, 0.5) is 5.69 Å². The summed E-state index contributed by atoms with van der Waals surface area (Å²) in [7, 11) is 2.11. The molecule has 0 saturated heterocycles. The van der Waals surface area contributed by atoms with Gasteiger partial charge in [0.05, 0.1) is 13.2 Å². The second-order valence-electron chi connectivity index (χ2n) is 6.37. The smallest absolute Gasteiger partial charge is 0.255 e. The van der Waals surface area contributed by atoms with Gasteiger partial charge in [-0.05, 0) is 61.0 Å². The first-order valence-electron chi connectivity index (χ1n) is 8.44. The predicted octanol–water partition coefficient (Wildman–Crippen LogP) is 3.81. The molecule has 1 amide bonds. The van der Waals surface area contributed by atoms with Crippen LogP contribution in [-0.2, 0) is 24.5 Å². The molecule has 4 nitrogen and oxygen atoms in total. The van der Waals surface area contributed by atoms with Gasteiger partial charge in [0, 0.05) is 17.8 Å². The highest BCUT2D eigenvalue weighted by atomic mass is 16.5. The Kier molecular flexibility index (Phi) is 5.28. The Balaban J connectivity index is 1.62. The van der Waals surface area contributed by atoms with Crippen molar-refractivity contribution in [2.24, 2.45) is 0 Å². The SMILES string of the molecule is CCCN(C)Cc1ccc(C(=O)Nc2ccc3c(c2)COC3)cc1. The van der Waals surface area contributed by atoms with Crippen LogP contribution in [0.1, 0.15) is 40.4 Å². The van der Waals surface area contributed by atoms with E-state index >= 15 is 0 Å². The van der Waals surface area contributed by atoms with Crippen LogP contribution >= 0.6 is 0 Å². The molecule has 3 rings (SSSR count). The second-order valence-corrected chi connectivity index (χ2v) is 6.37. The van der Waals surface area contributed by atoms with Crippen molar-refractivity contribution in [1.82, 2.24) is 4.90 Å². The van der Waals surface area contributed by atoms with Gasteiger partial charge in [0.25, 0.3) is 5.91 Å². The fourth-order valence-corrected chi connectivity index (χ4v) is 2.99. The van der Waals surface area contributed by atoms with Gasteiger partial charge in [-0.3, -0.25) is 4.79 Å². The van der Waals surface area contributed by atoms with Gasteiger partial charge in [-0.2, -0.15) is 0 Å². The number of benzene rings is 2. The van der Waals surface area contributed by atoms with Crippen molar-refractivity contribution in [2.45, 2.75) is 33.1 Å². The molecule has 0 saturated carbocycles. The number of anilines is 1. The number of carbonyl (C=O) groups is 1. The molecule has 0 aliphatic carbocycles. The molecular formula is C20H24N2O2. The molecule has 0 fully saturated rings. The highest BCUT2D eigenvalue weighted by Crippen LogP contribution is 2.23. The molecule has 4 heteroatoms. The summed E-state index contributed by atoms with van der Waals surface area (Å²) in [6.45, 7) is 5.44. The molecule has 0 radical (unpaired) electrons. The molecule has 1 N–H and O–H groups in total. The minimum atomic E-state index is -0.0812. The Morgan fingerprint density at radius 1 is 1.12 bits per heavy atom. The maximum atomic E-state index is 12.4. The monoisotopic (exact) mass is 324 g/mol. The van der Waals surface area contributed by atoms with E-state index in [-0.39, 0.29) is 5.91 Å². The summed E-state index contributed by atoms with van der Waals surface area (Å²) in [6.07, 6.45) is 1.14. The lowest BCUT2D eigenvalue weighted by Crippen LogP contribution is -2.18. The van der Waals surface area contributed by atoms with Crippen molar-refractivity contribution in [3.05, 3.63) is 64.7 Å². The Morgan fingerprint density at radius 2 is 1.88 bits per heavy atom. The number of nitrogens with one attached hydrogen (secondary N) is 1. The standard InChI is InChI=1S/C20H24N2O2/c1-3-10-22(2)12-15-4-6-16(7-5-15)20(23)21-19-9-8-17-13-24-14-18(17)11-19/h4-9,11H,3,10,12-14H2,1-2H3,(H,21,23). The topological polar surface area (TPSA) is 41.6 Å². The Labute approximate surface area is 143 Å². The molecule has 24 heavy (non-hydrogen) atoms. The number of hydrogen-bond donors (Lipinski definition) is 1. The van der Waals surface area contributed by atoms with E-state index < -0.39 is 0 Å². The van der Waals surface area contributed by atoms with E-state index in [0.29, 0.717) is 18.8 Å². The first-order chi connectivity index (χ1) is 11.7. The van der Waals surface area contributed by atoms with Crippen LogP contribution in [0, 0.1) is 0 Å². The van der Waals surface area contributed by atoms with E-state index in [0.717, 1.165) is 30.8 Å². The minimum Gasteiger partial charge on any atom is -0.372 e. The van der Waals surface area contributed by atoms with E-state index in [1.54, 1.807) is 0 Å². The molecule has 0 atom stereocenters. The van der Waals surface area contributed by atoms with E-state index in [4.69, 9.17) is 4.74 Å². The second kappa shape index (κ2) is 7.60. The van der Waals surface area contributed by atoms with Crippen LogP contribution in [0.2, 0.25) is 0 Å². The number of amides is 1. The third-order valence-electron chi connectivity index (χ3n) is 4.25. The highest BCUT2D eigenvalue weighted by molar-refractivity contribution is 6.04. The van der Waals surface area contributed by atoms with E-state index in [1.807, 2.05) is 42.5 Å². The first kappa shape index (κ1) is 16.7. The number of carbonyl (C=O) groups excluding carboxylic acids is 1. The van der Waals surface area contributed by atoms with Gasteiger partial charge < -0.3 is 15.0 Å². The van der Waals surface area contributed by atoms with Gasteiger partial charge in [0.2, 0.25) is 0 Å². The summed E-state index contributed by atoms with van der Waals surface area (Å²) in [5.74, 6) is -0.0812. The lowest BCUT2D eigenvalue weighted by Gasteiger charge is -2.15. The van der Waals surface area contributed by atoms with Crippen molar-refractivity contribution in [2.75, 3.05) is 18.9 Å². The molecule has 2 aromatic rings. The van der Waals surface area contributed by atoms with Gasteiger partial charge in [0.15, 0.2) is 0 Å². The van der Waals surface area contributed by atoms with Crippen molar-refractivity contribution in [3.63, 3.8) is 0 Å². The third kappa shape index (κ3) is 4.02. The van der Waals surface area contributed by atoms with E-state index in [9.17, 15) is 4.79 Å². The maximum absolute atomic E-state index is 12.4. The molecule has 1 aliphatic rings. The Hall–Kier alpha value is -2.17. The Morgan fingerprint density at radius 3 is 2.62 bits per heavy atom. The van der Waals surface area contributed by atoms with Crippen LogP contribution in [0.5, 0.6) is 0 Å². The molecular weight excluding hydrogens is 300 g/mol. The first-order valence-corrected chi connectivity index (χ1v) is 8.44. The summed E-state index contributed by atoms with van der Waals surface area (Å²) in [6, 6.07) is 13.8. The van der Waals surface area contributed by atoms with Gasteiger partial charge >= 0.3 is 0 Å². The minimum absolute atomic E-state index is 0.0812. The van der Waals surface area contributed by atoms with E-state index in [2.05, 4.69) is 24.2 Å². The number of nitrogens with zero attached hydrogens (tertiary/aromatic N) is 1. The van der Waals surface area contributed by atoms with Crippen LogP contribution in [0.15, 0.2) is 42.5 Å². The fourth-order valence-electron chi connectivity index (χ4n) is 2.99. The zero-order chi connectivity index (χ0) is 16.9. The van der Waals surface area contributed by atoms with Gasteiger partial charge in [-0.15, -0.1) is 0 Å². The number of rotatable bonds is 6. The maximum Gasteiger partial charge on any atom is 0.255 e. The van der Waals surface area contributed by atoms with Crippen molar-refractivity contribution in [1.29, 1.82) is 0 Å². The molecule has 1 aliphatic heterocycles. The van der Waals surface area contributed by atoms with Crippen molar-refractivity contribution < 1.29 is 9.53 Å². The molecule has 0 spiro atoms. The van der Waals surface area contributed by atoms with Gasteiger partial charge in [-0.1, -0.05) is 25.1 Å². The molecule has 2 aromatic carbocycles. The zero-order valence-electron chi connectivity index (χ0n) is 14.3. The van der Waals surface area contributed by atoms with Crippen molar-refractivity contribution >= 4 is 11.6 Å². The number of hydrogen-bond acceptors (Lipinski definition) is 3. The average molecular weight is 324 g/mol. The lowest BCUT2D eigenvalue weighted by atomic mass is 10.1. The summed E-state index contributed by atoms with van der Waals surface area (Å²) < 4.78 is 5.40. The van der Waals surface area contributed by atoms with Gasteiger partial charge in [0.1, 0.15) is 0 Å². The molecule has 1 heterocycles. The summed E-state index contributed by atoms with van der Waals surface area (Å²) >= 11 is 0. The molecule has 126 valence electrons. The molecule has 0 unspecified atom stereocenters. The predicted molar refractivity (Wildman–Crippen MR) is 96.0 cm³/mol. The Bertz CT molecular complexity index is 710. The van der Waals surface area contributed by atoms with Gasteiger partial charge in [-0.25, -0.2) is 0 Å². The largest absolute Gasteiger partial charge is 0.372 e. The average Bonchev–Trinajstić information content (AvgIpc) is 3.03. The fraction of sp³-hybridized carbons (Fsp3) is 0.350. The lowest BCUT2D eigenvalue weighted by molar-refractivity contribution is 0.102. The quantitative estimate of drug-likeness (QED) is 0.878. The van der Waals surface area contributed by atoms with Crippen LogP contribution in [0.25, 0.3) is 0 Å². The number of ether oxygens (including phenoxy) is 1. The van der Waals surface area contributed by atoms with Crippen LogP contribution in [0.3, 0.4) is 0 Å². The highest BCUT2D eigenvalue weighted by Gasteiger charge is 2.13. The molecule has 0 aromatic heterocycles. The number of fused-ring (bicyclic) bond motifs is 1. The third-order valence-corrected chi connectivity index (χ3v) is 4.25. The van der Waals surface area contributed by atoms with E-state index in [1.165, 1.54) is 11.1 Å². The summed E-state index contributed by atoms with van der Waals surface area (Å²) in [5.41, 5.74) is 5.07. The summed E-state index contributed by atoms with van der Waals surface area (Å²) in [4.78, 5) is 14.7. The van der Waals surface area contributed by atoms with Crippen molar-refractivity contribution in [3.8, 4) is 0 Å². The summed E-state index contributed by atoms with van der Waals surface area (Å²) in [5, 5.41) is 2.96. The zero-order valence-corrected chi connectivity index (χ0v) is 14.3. The molecule has 0 bridgehead atoms.